The van der Waals surface area contributed by atoms with Crippen LogP contribution in [0.5, 0.6) is 0 Å². The standard InChI is InChI=1S/C19H20ClN5OS/c1-2-25-18(15-7-9-21-10-8-15)23-24-19(25)27-13-17(26)22-11-6-14-4-3-5-16(20)12-14/h3-5,7-10,12H,2,6,11,13H2,1H3,(H,22,26). The van der Waals surface area contributed by atoms with Crippen molar-refractivity contribution in [3.63, 3.8) is 0 Å². The van der Waals surface area contributed by atoms with E-state index in [1.807, 2.05) is 47.9 Å². The summed E-state index contributed by atoms with van der Waals surface area (Å²) in [4.78, 5) is 16.2. The Balaban J connectivity index is 1.52. The Hall–Kier alpha value is -2.38. The van der Waals surface area contributed by atoms with Gasteiger partial charge in [0, 0.05) is 36.1 Å². The second kappa shape index (κ2) is 9.53. The number of carbonyl (C=O) groups is 1. The third-order valence-corrected chi connectivity index (χ3v) is 5.13. The van der Waals surface area contributed by atoms with E-state index in [0.717, 1.165) is 35.1 Å². The molecule has 0 fully saturated rings. The molecule has 1 amide bonds. The summed E-state index contributed by atoms with van der Waals surface area (Å²) in [6.07, 6.45) is 4.20. The van der Waals surface area contributed by atoms with Gasteiger partial charge >= 0.3 is 0 Å². The molecule has 0 saturated carbocycles. The molecule has 0 aliphatic carbocycles. The van der Waals surface area contributed by atoms with Crippen LogP contribution in [0.15, 0.2) is 53.9 Å². The topological polar surface area (TPSA) is 72.7 Å². The fourth-order valence-corrected chi connectivity index (χ4v) is 3.66. The molecule has 1 aromatic carbocycles. The molecule has 0 unspecified atom stereocenters. The Morgan fingerprint density at radius 3 is 2.78 bits per heavy atom. The Morgan fingerprint density at radius 2 is 2.04 bits per heavy atom. The lowest BCUT2D eigenvalue weighted by molar-refractivity contribution is -0.118. The third kappa shape index (κ3) is 5.30. The number of halogens is 1. The summed E-state index contributed by atoms with van der Waals surface area (Å²) in [5.41, 5.74) is 2.06. The largest absolute Gasteiger partial charge is 0.355 e. The number of nitrogens with one attached hydrogen (secondary N) is 1. The lowest BCUT2D eigenvalue weighted by Crippen LogP contribution is -2.27. The zero-order valence-electron chi connectivity index (χ0n) is 14.9. The maximum Gasteiger partial charge on any atom is 0.230 e. The van der Waals surface area contributed by atoms with E-state index in [2.05, 4.69) is 20.5 Å². The van der Waals surface area contributed by atoms with Crippen LogP contribution in [0.4, 0.5) is 0 Å². The predicted octanol–water partition coefficient (Wildman–Crippen LogP) is 3.46. The molecule has 2 heterocycles. The number of nitrogens with zero attached hydrogens (tertiary/aromatic N) is 4. The zero-order valence-corrected chi connectivity index (χ0v) is 16.5. The highest BCUT2D eigenvalue weighted by atomic mass is 35.5. The van der Waals surface area contributed by atoms with Crippen molar-refractivity contribution in [3.05, 3.63) is 59.4 Å². The van der Waals surface area contributed by atoms with Crippen LogP contribution in [-0.2, 0) is 17.8 Å². The monoisotopic (exact) mass is 401 g/mol. The van der Waals surface area contributed by atoms with Gasteiger partial charge in [-0.2, -0.15) is 0 Å². The highest BCUT2D eigenvalue weighted by molar-refractivity contribution is 7.99. The minimum absolute atomic E-state index is 0.0295. The van der Waals surface area contributed by atoms with E-state index in [1.54, 1.807) is 12.4 Å². The number of amides is 1. The van der Waals surface area contributed by atoms with Gasteiger partial charge in [0.05, 0.1) is 5.75 Å². The highest BCUT2D eigenvalue weighted by Crippen LogP contribution is 2.23. The van der Waals surface area contributed by atoms with Crippen molar-refractivity contribution in [1.82, 2.24) is 25.1 Å². The number of hydrogen-bond acceptors (Lipinski definition) is 5. The normalized spacial score (nSPS) is 10.7. The van der Waals surface area contributed by atoms with Gasteiger partial charge < -0.3 is 9.88 Å². The molecule has 2 aromatic heterocycles. The van der Waals surface area contributed by atoms with Crippen molar-refractivity contribution in [3.8, 4) is 11.4 Å². The number of thioether (sulfide) groups is 1. The van der Waals surface area contributed by atoms with Crippen molar-refractivity contribution in [1.29, 1.82) is 0 Å². The summed E-state index contributed by atoms with van der Waals surface area (Å²) in [6, 6.07) is 11.4. The van der Waals surface area contributed by atoms with Gasteiger partial charge in [-0.05, 0) is 43.2 Å². The molecule has 6 nitrogen and oxygen atoms in total. The molecular formula is C19H20ClN5OS. The predicted molar refractivity (Wildman–Crippen MR) is 108 cm³/mol. The summed E-state index contributed by atoms with van der Waals surface area (Å²) in [5, 5.41) is 12.9. The van der Waals surface area contributed by atoms with E-state index in [9.17, 15) is 4.79 Å². The average Bonchev–Trinajstić information content (AvgIpc) is 3.10. The van der Waals surface area contributed by atoms with Gasteiger partial charge in [0.2, 0.25) is 5.91 Å². The Bertz CT molecular complexity index is 900. The summed E-state index contributed by atoms with van der Waals surface area (Å²) < 4.78 is 2.00. The zero-order chi connectivity index (χ0) is 19.1. The van der Waals surface area contributed by atoms with E-state index in [1.165, 1.54) is 11.8 Å². The number of hydrogen-bond donors (Lipinski definition) is 1. The molecule has 0 atom stereocenters. The van der Waals surface area contributed by atoms with Gasteiger partial charge in [-0.1, -0.05) is 35.5 Å². The molecule has 0 saturated heterocycles. The lowest BCUT2D eigenvalue weighted by atomic mass is 10.1. The SMILES string of the molecule is CCn1c(SCC(=O)NCCc2cccc(Cl)c2)nnc1-c1ccncc1. The molecule has 0 radical (unpaired) electrons. The maximum absolute atomic E-state index is 12.1. The molecule has 8 heteroatoms. The first-order chi connectivity index (χ1) is 13.2. The van der Waals surface area contributed by atoms with Gasteiger partial charge in [-0.25, -0.2) is 0 Å². The van der Waals surface area contributed by atoms with Gasteiger partial charge in [0.15, 0.2) is 11.0 Å². The van der Waals surface area contributed by atoms with Crippen LogP contribution in [0.25, 0.3) is 11.4 Å². The van der Waals surface area contributed by atoms with Crippen LogP contribution in [0, 0.1) is 0 Å². The van der Waals surface area contributed by atoms with E-state index in [-0.39, 0.29) is 5.91 Å². The number of pyridine rings is 1. The maximum atomic E-state index is 12.1. The quantitative estimate of drug-likeness (QED) is 0.585. The van der Waals surface area contributed by atoms with Crippen LogP contribution in [0.1, 0.15) is 12.5 Å². The molecule has 0 bridgehead atoms. The molecular weight excluding hydrogens is 382 g/mol. The molecule has 3 aromatic rings. The number of carbonyl (C=O) groups excluding carboxylic acids is 1. The van der Waals surface area contributed by atoms with Crippen molar-refractivity contribution in [2.24, 2.45) is 0 Å². The first-order valence-corrected chi connectivity index (χ1v) is 10.0. The summed E-state index contributed by atoms with van der Waals surface area (Å²) in [6.45, 7) is 3.33. The molecule has 3 rings (SSSR count). The molecule has 0 aliphatic heterocycles. The Kier molecular flexibility index (Phi) is 6.84. The van der Waals surface area contributed by atoms with Crippen LogP contribution >= 0.6 is 23.4 Å². The van der Waals surface area contributed by atoms with Crippen molar-refractivity contribution < 1.29 is 4.79 Å². The minimum Gasteiger partial charge on any atom is -0.355 e. The smallest absolute Gasteiger partial charge is 0.230 e. The summed E-state index contributed by atoms with van der Waals surface area (Å²) in [5.74, 6) is 1.05. The van der Waals surface area contributed by atoms with Gasteiger partial charge in [-0.3, -0.25) is 9.78 Å². The van der Waals surface area contributed by atoms with Crippen LogP contribution < -0.4 is 5.32 Å². The highest BCUT2D eigenvalue weighted by Gasteiger charge is 2.14. The van der Waals surface area contributed by atoms with Crippen molar-refractivity contribution in [2.45, 2.75) is 25.0 Å². The molecule has 27 heavy (non-hydrogen) atoms. The number of benzene rings is 1. The van der Waals surface area contributed by atoms with Crippen LogP contribution in [0.3, 0.4) is 0 Å². The summed E-state index contributed by atoms with van der Waals surface area (Å²) >= 11 is 7.35. The van der Waals surface area contributed by atoms with Crippen LogP contribution in [-0.4, -0.2) is 38.0 Å². The first-order valence-electron chi connectivity index (χ1n) is 8.65. The van der Waals surface area contributed by atoms with Gasteiger partial charge in [0.1, 0.15) is 0 Å². The molecule has 0 spiro atoms. The second-order valence-corrected chi connectivity index (χ2v) is 7.18. The number of aromatic nitrogens is 4. The third-order valence-electron chi connectivity index (χ3n) is 3.93. The van der Waals surface area contributed by atoms with Crippen molar-refractivity contribution >= 4 is 29.3 Å². The molecule has 0 aliphatic rings. The second-order valence-electron chi connectivity index (χ2n) is 5.80. The van der Waals surface area contributed by atoms with Gasteiger partial charge in [0.25, 0.3) is 0 Å². The Labute approximate surface area is 167 Å². The van der Waals surface area contributed by atoms with E-state index < -0.39 is 0 Å². The van der Waals surface area contributed by atoms with Crippen molar-refractivity contribution in [2.75, 3.05) is 12.3 Å². The van der Waals surface area contributed by atoms with E-state index >= 15 is 0 Å². The molecule has 1 N–H and O–H groups in total. The van der Waals surface area contributed by atoms with E-state index in [0.29, 0.717) is 17.3 Å². The average molecular weight is 402 g/mol. The minimum atomic E-state index is -0.0295. The van der Waals surface area contributed by atoms with E-state index in [4.69, 9.17) is 11.6 Å². The fourth-order valence-electron chi connectivity index (χ4n) is 2.61. The molecule has 140 valence electrons. The summed E-state index contributed by atoms with van der Waals surface area (Å²) in [7, 11) is 0. The van der Waals surface area contributed by atoms with Gasteiger partial charge in [-0.15, -0.1) is 10.2 Å². The lowest BCUT2D eigenvalue weighted by Gasteiger charge is -2.08. The Morgan fingerprint density at radius 1 is 1.22 bits per heavy atom. The van der Waals surface area contributed by atoms with Crippen LogP contribution in [0.2, 0.25) is 5.02 Å². The first kappa shape index (κ1) is 19.4. The number of rotatable bonds is 8. The fraction of sp³-hybridized carbons (Fsp3) is 0.263.